The van der Waals surface area contributed by atoms with Crippen LogP contribution < -0.4 is 16.6 Å². The fraction of sp³-hybridized carbons (Fsp3) is 0.556. The molecule has 1 aromatic heterocycles. The highest BCUT2D eigenvalue weighted by Gasteiger charge is 2.52. The normalized spacial score (nSPS) is 23.8. The average Bonchev–Trinajstić information content (AvgIpc) is 2.69. The van der Waals surface area contributed by atoms with Gasteiger partial charge < -0.3 is 29.0 Å². The van der Waals surface area contributed by atoms with Crippen LogP contribution in [0, 0.1) is 4.91 Å². The molecule has 1 aromatic rings. The van der Waals surface area contributed by atoms with Crippen molar-refractivity contribution in [3.05, 3.63) is 25.7 Å². The molecule has 0 saturated carbocycles. The number of nitroso groups, excluding NO2 is 1. The van der Waals surface area contributed by atoms with Gasteiger partial charge in [0.1, 0.15) is 18.5 Å². The van der Waals surface area contributed by atoms with Crippen LogP contribution in [0.5, 0.6) is 0 Å². The molecule has 186 valence electrons. The summed E-state index contributed by atoms with van der Waals surface area (Å²) in [7, 11) is 0. The van der Waals surface area contributed by atoms with Crippen molar-refractivity contribution < 1.29 is 42.9 Å². The van der Waals surface area contributed by atoms with Crippen LogP contribution >= 0.6 is 0 Å². The number of aromatic nitrogens is 2. The number of carbonyl (C=O) groups is 4. The van der Waals surface area contributed by atoms with Crippen molar-refractivity contribution in [2.75, 3.05) is 11.9 Å². The van der Waals surface area contributed by atoms with Gasteiger partial charge in [-0.05, 0) is 5.18 Å². The predicted octanol–water partition coefficient (Wildman–Crippen LogP) is -1.04. The van der Waals surface area contributed by atoms with Gasteiger partial charge in [0.2, 0.25) is 5.69 Å². The number of nitrogens with one attached hydrogen (secondary N) is 3. The van der Waals surface area contributed by atoms with Gasteiger partial charge in [0.15, 0.2) is 24.5 Å². The highest BCUT2D eigenvalue weighted by atomic mass is 16.7. The van der Waals surface area contributed by atoms with Crippen molar-refractivity contribution in [2.45, 2.75) is 58.3 Å². The maximum Gasteiger partial charge on any atom is 0.327 e. The van der Waals surface area contributed by atoms with Crippen molar-refractivity contribution in [3.8, 4) is 0 Å². The van der Waals surface area contributed by atoms with Crippen LogP contribution in [0.2, 0.25) is 0 Å². The molecule has 1 aliphatic heterocycles. The fourth-order valence-electron chi connectivity index (χ4n) is 3.16. The summed E-state index contributed by atoms with van der Waals surface area (Å²) in [6, 6.07) is 0. The summed E-state index contributed by atoms with van der Waals surface area (Å²) >= 11 is 0. The van der Waals surface area contributed by atoms with Gasteiger partial charge in [-0.2, -0.15) is 0 Å². The van der Waals surface area contributed by atoms with Crippen molar-refractivity contribution in [2.24, 2.45) is 5.18 Å². The van der Waals surface area contributed by atoms with E-state index in [2.05, 4.69) is 15.5 Å². The number of H-pyrrole nitrogens is 2. The third kappa shape index (κ3) is 6.71. The number of anilines is 1. The molecular weight excluding hydrogens is 464 g/mol. The van der Waals surface area contributed by atoms with Gasteiger partial charge >= 0.3 is 29.6 Å². The quantitative estimate of drug-likeness (QED) is 0.227. The number of hydrogen-bond donors (Lipinski definition) is 3. The molecule has 0 bridgehead atoms. The van der Waals surface area contributed by atoms with Crippen molar-refractivity contribution in [3.63, 3.8) is 0 Å². The summed E-state index contributed by atoms with van der Waals surface area (Å²) in [5.41, 5.74) is -2.91. The van der Waals surface area contributed by atoms with E-state index in [1.165, 1.54) is 0 Å². The van der Waals surface area contributed by atoms with E-state index in [1.807, 2.05) is 0 Å². The number of carbonyl (C=O) groups excluding carboxylic acids is 4. The van der Waals surface area contributed by atoms with Crippen molar-refractivity contribution in [1.82, 2.24) is 9.97 Å². The summed E-state index contributed by atoms with van der Waals surface area (Å²) in [6.07, 6.45) is -7.27. The molecule has 0 aliphatic carbocycles. The number of rotatable bonds is 8. The Morgan fingerprint density at radius 2 is 1.44 bits per heavy atom. The molecule has 5 atom stereocenters. The van der Waals surface area contributed by atoms with Gasteiger partial charge in [0, 0.05) is 27.7 Å². The standard InChI is InChI=1S/C18H22N4O12/c1-6(23)30-5-10-12(31-7(2)24)13(32-8(3)25)14(33-9(4)26)17(34-10)19-15-11(22-29)16(27)21-18(28)20-15/h10,12-14,17H,5H2,1-4H3,(H3,19,20,21,27,28). The lowest BCUT2D eigenvalue weighted by Gasteiger charge is -2.44. The van der Waals surface area contributed by atoms with Crippen LogP contribution in [-0.4, -0.2) is 71.1 Å². The zero-order valence-electron chi connectivity index (χ0n) is 18.4. The number of ether oxygens (including phenoxy) is 5. The van der Waals surface area contributed by atoms with Crippen LogP contribution in [0.4, 0.5) is 11.5 Å². The topological polar surface area (TPSA) is 222 Å². The van der Waals surface area contributed by atoms with E-state index in [0.717, 1.165) is 27.7 Å². The van der Waals surface area contributed by atoms with Crippen LogP contribution in [0.1, 0.15) is 27.7 Å². The summed E-state index contributed by atoms with van der Waals surface area (Å²) in [5.74, 6) is -3.77. The third-order valence-corrected chi connectivity index (χ3v) is 4.29. The zero-order valence-corrected chi connectivity index (χ0v) is 18.4. The van der Waals surface area contributed by atoms with Crippen molar-refractivity contribution in [1.29, 1.82) is 0 Å². The Balaban J connectivity index is 2.58. The van der Waals surface area contributed by atoms with E-state index >= 15 is 0 Å². The number of esters is 4. The molecule has 1 fully saturated rings. The minimum atomic E-state index is -1.54. The summed E-state index contributed by atoms with van der Waals surface area (Å²) in [4.78, 5) is 85.3. The van der Waals surface area contributed by atoms with Gasteiger partial charge in [0.05, 0.1) is 0 Å². The van der Waals surface area contributed by atoms with Crippen LogP contribution in [0.25, 0.3) is 0 Å². The number of nitrogens with zero attached hydrogens (tertiary/aromatic N) is 1. The van der Waals surface area contributed by atoms with E-state index in [-0.39, 0.29) is 0 Å². The first-order chi connectivity index (χ1) is 15.9. The van der Waals surface area contributed by atoms with Crippen molar-refractivity contribution >= 4 is 35.4 Å². The lowest BCUT2D eigenvalue weighted by atomic mass is 9.97. The Hall–Kier alpha value is -4.08. The second-order valence-corrected chi connectivity index (χ2v) is 6.99. The maximum absolute atomic E-state index is 11.9. The SMILES string of the molecule is CC(=O)OCC1OC(Nc2[nH]c(=O)[nH]c(=O)c2N=O)C(OC(C)=O)C(OC(C)=O)C1OC(C)=O. The minimum absolute atomic E-state index is 0.499. The van der Waals surface area contributed by atoms with Gasteiger partial charge in [-0.15, -0.1) is 4.91 Å². The predicted molar refractivity (Wildman–Crippen MR) is 109 cm³/mol. The van der Waals surface area contributed by atoms with Crippen LogP contribution in [0.3, 0.4) is 0 Å². The van der Waals surface area contributed by atoms with E-state index in [4.69, 9.17) is 23.7 Å². The molecule has 34 heavy (non-hydrogen) atoms. The molecule has 0 radical (unpaired) electrons. The first-order valence-corrected chi connectivity index (χ1v) is 9.69. The Kier molecular flexibility index (Phi) is 8.60. The van der Waals surface area contributed by atoms with Crippen LogP contribution in [0.15, 0.2) is 14.8 Å². The third-order valence-electron chi connectivity index (χ3n) is 4.29. The van der Waals surface area contributed by atoms with Gasteiger partial charge in [-0.1, -0.05) is 0 Å². The molecule has 0 aromatic carbocycles. The molecule has 3 N–H and O–H groups in total. The second kappa shape index (κ2) is 11.2. The first-order valence-electron chi connectivity index (χ1n) is 9.69. The molecule has 1 aliphatic rings. The Morgan fingerprint density at radius 3 is 1.97 bits per heavy atom. The lowest BCUT2D eigenvalue weighted by molar-refractivity contribution is -0.247. The number of aromatic amines is 2. The second-order valence-electron chi connectivity index (χ2n) is 6.99. The molecule has 2 heterocycles. The van der Waals surface area contributed by atoms with Crippen LogP contribution in [-0.2, 0) is 42.9 Å². The highest BCUT2D eigenvalue weighted by molar-refractivity contribution is 5.69. The molecule has 16 nitrogen and oxygen atoms in total. The molecular formula is C18H22N4O12. The van der Waals surface area contributed by atoms with Gasteiger partial charge in [-0.3, -0.25) is 33.9 Å². The minimum Gasteiger partial charge on any atom is -0.463 e. The zero-order chi connectivity index (χ0) is 25.6. The Morgan fingerprint density at radius 1 is 0.882 bits per heavy atom. The number of hydrogen-bond acceptors (Lipinski definition) is 14. The molecule has 0 amide bonds. The molecule has 0 spiro atoms. The Labute approximate surface area is 190 Å². The van der Waals surface area contributed by atoms with Gasteiger partial charge in [0.25, 0.3) is 5.56 Å². The largest absolute Gasteiger partial charge is 0.463 e. The lowest BCUT2D eigenvalue weighted by Crippen LogP contribution is -2.64. The maximum atomic E-state index is 11.9. The highest BCUT2D eigenvalue weighted by Crippen LogP contribution is 2.30. The molecule has 5 unspecified atom stereocenters. The molecule has 1 saturated heterocycles. The van der Waals surface area contributed by atoms with E-state index < -0.39 is 83.9 Å². The average molecular weight is 486 g/mol. The monoisotopic (exact) mass is 486 g/mol. The van der Waals surface area contributed by atoms with E-state index in [9.17, 15) is 33.7 Å². The first kappa shape index (κ1) is 26.2. The van der Waals surface area contributed by atoms with E-state index in [0.29, 0.717) is 0 Å². The molecule has 2 rings (SSSR count). The summed E-state index contributed by atoms with van der Waals surface area (Å²) in [6.45, 7) is 3.73. The summed E-state index contributed by atoms with van der Waals surface area (Å²) < 4.78 is 26.4. The smallest absolute Gasteiger partial charge is 0.327 e. The Bertz CT molecular complexity index is 1080. The van der Waals surface area contributed by atoms with Gasteiger partial charge in [-0.25, -0.2) is 4.79 Å². The van der Waals surface area contributed by atoms with E-state index in [1.54, 1.807) is 4.98 Å². The summed E-state index contributed by atoms with van der Waals surface area (Å²) in [5, 5.41) is 5.04. The fourth-order valence-corrected chi connectivity index (χ4v) is 3.16. The molecule has 16 heteroatoms.